The van der Waals surface area contributed by atoms with Gasteiger partial charge in [0.1, 0.15) is 0 Å². The predicted molar refractivity (Wildman–Crippen MR) is 77.7 cm³/mol. The van der Waals surface area contributed by atoms with E-state index in [1.54, 1.807) is 4.90 Å². The van der Waals surface area contributed by atoms with E-state index in [0.717, 1.165) is 31.6 Å². The number of carbonyl (C=O) groups is 1. The Morgan fingerprint density at radius 1 is 1.28 bits per heavy atom. The molecule has 18 heavy (non-hydrogen) atoms. The van der Waals surface area contributed by atoms with E-state index >= 15 is 0 Å². The average molecular weight is 289 g/mol. The number of amides is 1. The molecule has 3 nitrogen and oxygen atoms in total. The molecule has 0 aliphatic carbocycles. The maximum absolute atomic E-state index is 12.2. The van der Waals surface area contributed by atoms with Gasteiger partial charge in [-0.25, -0.2) is 0 Å². The molecule has 1 saturated heterocycles. The van der Waals surface area contributed by atoms with Crippen LogP contribution in [0.15, 0.2) is 24.3 Å². The summed E-state index contributed by atoms with van der Waals surface area (Å²) >= 11 is 5.83. The first-order valence-corrected chi connectivity index (χ1v) is 6.30. The average Bonchev–Trinajstić information content (AvgIpc) is 2.39. The van der Waals surface area contributed by atoms with E-state index in [1.165, 1.54) is 0 Å². The molecular weight excluding hydrogens is 271 g/mol. The molecule has 1 aliphatic heterocycles. The molecular formula is C13H18Cl2N2O. The first kappa shape index (κ1) is 15.3. The summed E-state index contributed by atoms with van der Waals surface area (Å²) in [5, 5.41) is 3.96. The third-order valence-corrected chi connectivity index (χ3v) is 3.48. The second kappa shape index (κ2) is 6.98. The number of rotatable bonds is 2. The number of carbonyl (C=O) groups excluding carboxylic acids is 1. The Kier molecular flexibility index (Phi) is 5.93. The van der Waals surface area contributed by atoms with Gasteiger partial charge in [-0.1, -0.05) is 11.6 Å². The van der Waals surface area contributed by atoms with Crippen LogP contribution in [0.2, 0.25) is 5.02 Å². The Balaban J connectivity index is 0.00000162. The third-order valence-electron chi connectivity index (χ3n) is 3.23. The number of benzene rings is 1. The molecule has 1 aromatic carbocycles. The van der Waals surface area contributed by atoms with Crippen LogP contribution in [0, 0.1) is 5.92 Å². The van der Waals surface area contributed by atoms with Crippen LogP contribution < -0.4 is 10.2 Å². The molecule has 0 radical (unpaired) electrons. The van der Waals surface area contributed by atoms with Crippen molar-refractivity contribution in [3.63, 3.8) is 0 Å². The summed E-state index contributed by atoms with van der Waals surface area (Å²) in [7, 11) is 1.83. The Hall–Kier alpha value is -0.770. The lowest BCUT2D eigenvalue weighted by Gasteiger charge is -2.27. The first-order valence-electron chi connectivity index (χ1n) is 5.92. The zero-order valence-electron chi connectivity index (χ0n) is 10.4. The van der Waals surface area contributed by atoms with Crippen molar-refractivity contribution in [3.8, 4) is 0 Å². The van der Waals surface area contributed by atoms with Crippen LogP contribution in [-0.2, 0) is 4.79 Å². The second-order valence-corrected chi connectivity index (χ2v) is 4.83. The molecule has 1 aromatic rings. The van der Waals surface area contributed by atoms with Gasteiger partial charge in [-0.2, -0.15) is 0 Å². The maximum atomic E-state index is 12.2. The molecule has 0 unspecified atom stereocenters. The van der Waals surface area contributed by atoms with Crippen molar-refractivity contribution in [3.05, 3.63) is 29.3 Å². The summed E-state index contributed by atoms with van der Waals surface area (Å²) in [6, 6.07) is 7.37. The quantitative estimate of drug-likeness (QED) is 0.908. The van der Waals surface area contributed by atoms with Crippen LogP contribution in [0.5, 0.6) is 0 Å². The highest BCUT2D eigenvalue weighted by Gasteiger charge is 2.24. The van der Waals surface area contributed by atoms with Crippen molar-refractivity contribution in [2.24, 2.45) is 5.92 Å². The van der Waals surface area contributed by atoms with E-state index in [2.05, 4.69) is 5.32 Å². The summed E-state index contributed by atoms with van der Waals surface area (Å²) in [6.45, 7) is 1.87. The molecule has 2 rings (SSSR count). The fourth-order valence-corrected chi connectivity index (χ4v) is 2.26. The zero-order valence-corrected chi connectivity index (χ0v) is 11.9. The van der Waals surface area contributed by atoms with Crippen molar-refractivity contribution >= 4 is 35.6 Å². The fraction of sp³-hybridized carbons (Fsp3) is 0.462. The minimum atomic E-state index is 0. The molecule has 0 bridgehead atoms. The molecule has 100 valence electrons. The lowest BCUT2D eigenvalue weighted by Crippen LogP contribution is -2.39. The lowest BCUT2D eigenvalue weighted by atomic mass is 9.96. The van der Waals surface area contributed by atoms with E-state index in [9.17, 15) is 4.79 Å². The number of piperidine rings is 1. The standard InChI is InChI=1S/C13H17ClN2O.ClH/c1-16(12-4-2-11(14)3-5-12)13(17)10-6-8-15-9-7-10;/h2-5,10,15H,6-9H2,1H3;1H. The SMILES string of the molecule is CN(C(=O)C1CCNCC1)c1ccc(Cl)cc1.Cl. The number of hydrogen-bond donors (Lipinski definition) is 1. The van der Waals surface area contributed by atoms with Gasteiger partial charge in [0, 0.05) is 23.7 Å². The van der Waals surface area contributed by atoms with Gasteiger partial charge < -0.3 is 10.2 Å². The predicted octanol–water partition coefficient (Wildman–Crippen LogP) is 2.72. The topological polar surface area (TPSA) is 32.3 Å². The summed E-state index contributed by atoms with van der Waals surface area (Å²) in [5.41, 5.74) is 0.901. The second-order valence-electron chi connectivity index (χ2n) is 4.40. The van der Waals surface area contributed by atoms with Crippen molar-refractivity contribution in [2.75, 3.05) is 25.0 Å². The van der Waals surface area contributed by atoms with E-state index in [1.807, 2.05) is 31.3 Å². The van der Waals surface area contributed by atoms with Gasteiger partial charge in [0.25, 0.3) is 0 Å². The number of nitrogens with one attached hydrogen (secondary N) is 1. The monoisotopic (exact) mass is 288 g/mol. The lowest BCUT2D eigenvalue weighted by molar-refractivity contribution is -0.122. The van der Waals surface area contributed by atoms with Crippen LogP contribution in [-0.4, -0.2) is 26.0 Å². The van der Waals surface area contributed by atoms with Crippen LogP contribution in [0.1, 0.15) is 12.8 Å². The number of hydrogen-bond acceptors (Lipinski definition) is 2. The number of anilines is 1. The van der Waals surface area contributed by atoms with Gasteiger partial charge in [-0.3, -0.25) is 4.79 Å². The zero-order chi connectivity index (χ0) is 12.3. The van der Waals surface area contributed by atoms with Gasteiger partial charge >= 0.3 is 0 Å². The molecule has 1 aliphatic rings. The van der Waals surface area contributed by atoms with Gasteiger partial charge in [0.2, 0.25) is 5.91 Å². The minimum Gasteiger partial charge on any atom is -0.317 e. The molecule has 0 atom stereocenters. The summed E-state index contributed by atoms with van der Waals surface area (Å²) in [6.07, 6.45) is 1.85. The van der Waals surface area contributed by atoms with Gasteiger partial charge in [0.05, 0.1) is 0 Å². The van der Waals surface area contributed by atoms with Gasteiger partial charge in [0.15, 0.2) is 0 Å². The van der Waals surface area contributed by atoms with Gasteiger partial charge in [-0.15, -0.1) is 12.4 Å². The molecule has 0 saturated carbocycles. The normalized spacial score (nSPS) is 15.9. The Labute approximate surface area is 119 Å². The highest BCUT2D eigenvalue weighted by Crippen LogP contribution is 2.21. The first-order chi connectivity index (χ1) is 8.18. The maximum Gasteiger partial charge on any atom is 0.229 e. The van der Waals surface area contributed by atoms with E-state index in [0.29, 0.717) is 5.02 Å². The Bertz CT molecular complexity index is 388. The molecule has 5 heteroatoms. The molecule has 1 amide bonds. The molecule has 1 fully saturated rings. The highest BCUT2D eigenvalue weighted by molar-refractivity contribution is 6.30. The van der Waals surface area contributed by atoms with E-state index in [4.69, 9.17) is 11.6 Å². The molecule has 0 aromatic heterocycles. The third kappa shape index (κ3) is 3.61. The smallest absolute Gasteiger partial charge is 0.229 e. The minimum absolute atomic E-state index is 0. The van der Waals surface area contributed by atoms with Crippen LogP contribution in [0.25, 0.3) is 0 Å². The van der Waals surface area contributed by atoms with Crippen molar-refractivity contribution in [1.82, 2.24) is 5.32 Å². The van der Waals surface area contributed by atoms with Crippen LogP contribution in [0.3, 0.4) is 0 Å². The largest absolute Gasteiger partial charge is 0.317 e. The number of nitrogens with zero attached hydrogens (tertiary/aromatic N) is 1. The van der Waals surface area contributed by atoms with E-state index < -0.39 is 0 Å². The molecule has 0 spiro atoms. The summed E-state index contributed by atoms with van der Waals surface area (Å²) < 4.78 is 0. The Morgan fingerprint density at radius 2 is 1.83 bits per heavy atom. The summed E-state index contributed by atoms with van der Waals surface area (Å²) in [5.74, 6) is 0.353. The van der Waals surface area contributed by atoms with E-state index in [-0.39, 0.29) is 24.2 Å². The number of halogens is 2. The van der Waals surface area contributed by atoms with Crippen molar-refractivity contribution in [1.29, 1.82) is 0 Å². The van der Waals surface area contributed by atoms with Crippen LogP contribution in [0.4, 0.5) is 5.69 Å². The molecule has 1 heterocycles. The molecule has 1 N–H and O–H groups in total. The Morgan fingerprint density at radius 3 is 2.39 bits per heavy atom. The fourth-order valence-electron chi connectivity index (χ4n) is 2.13. The highest BCUT2D eigenvalue weighted by atomic mass is 35.5. The van der Waals surface area contributed by atoms with Gasteiger partial charge in [-0.05, 0) is 50.2 Å². The van der Waals surface area contributed by atoms with Crippen LogP contribution >= 0.6 is 24.0 Å². The van der Waals surface area contributed by atoms with Crippen molar-refractivity contribution in [2.45, 2.75) is 12.8 Å². The van der Waals surface area contributed by atoms with Crippen molar-refractivity contribution < 1.29 is 4.79 Å². The summed E-state index contributed by atoms with van der Waals surface area (Å²) in [4.78, 5) is 14.0.